The quantitative estimate of drug-likeness (QED) is 0.398. The van der Waals surface area contributed by atoms with Crippen LogP contribution < -0.4 is 0 Å². The van der Waals surface area contributed by atoms with E-state index in [4.69, 9.17) is 0 Å². The zero-order chi connectivity index (χ0) is 17.4. The monoisotopic (exact) mass is 424 g/mol. The normalized spacial score (nSPS) is 16.8. The molecule has 2 unspecified atom stereocenters. The van der Waals surface area contributed by atoms with Crippen molar-refractivity contribution in [1.82, 2.24) is 0 Å². The Kier molecular flexibility index (Phi) is 29.0. The van der Waals surface area contributed by atoms with Gasteiger partial charge in [-0.05, 0) is 42.1 Å². The summed E-state index contributed by atoms with van der Waals surface area (Å²) >= 11 is 0. The van der Waals surface area contributed by atoms with Gasteiger partial charge in [0, 0.05) is 0 Å². The van der Waals surface area contributed by atoms with Gasteiger partial charge in [0.15, 0.2) is 0 Å². The molecule has 0 aromatic carbocycles. The summed E-state index contributed by atoms with van der Waals surface area (Å²) < 4.78 is 0. The Balaban J connectivity index is -0.000000154. The lowest BCUT2D eigenvalue weighted by molar-refractivity contribution is 0.462. The van der Waals surface area contributed by atoms with Gasteiger partial charge in [0.25, 0.3) is 0 Å². The van der Waals surface area contributed by atoms with Gasteiger partial charge in [0.2, 0.25) is 0 Å². The van der Waals surface area contributed by atoms with Crippen molar-refractivity contribution in [2.45, 2.75) is 89.0 Å². The van der Waals surface area contributed by atoms with Crippen LogP contribution in [0.25, 0.3) is 0 Å². The highest BCUT2D eigenvalue weighted by Gasteiger charge is 2.14. The molecule has 2 atom stereocenters. The van der Waals surface area contributed by atoms with Crippen molar-refractivity contribution in [2.75, 3.05) is 0 Å². The standard InChI is InChI=1S/C13H22.C4H10.2C2H6.HI/c1-5-11(4)13-8-6-12(7-9-13)10(2)3;1-4(2)3;2*1-2;/h6,8-12H,5,7H2,1-4H3;4H,1-3H3;2*1-2H3;1H. The Morgan fingerprint density at radius 1 is 0.955 bits per heavy atom. The van der Waals surface area contributed by atoms with Gasteiger partial charge in [0.05, 0.1) is 0 Å². The fourth-order valence-corrected chi connectivity index (χ4v) is 1.75. The highest BCUT2D eigenvalue weighted by atomic mass is 127. The van der Waals surface area contributed by atoms with E-state index in [1.54, 1.807) is 5.57 Å². The van der Waals surface area contributed by atoms with Crippen LogP contribution in [0.1, 0.15) is 89.0 Å². The van der Waals surface area contributed by atoms with Crippen molar-refractivity contribution in [3.63, 3.8) is 0 Å². The van der Waals surface area contributed by atoms with Gasteiger partial charge in [-0.3, -0.25) is 0 Å². The topological polar surface area (TPSA) is 0 Å². The molecule has 1 aliphatic carbocycles. The Bertz CT molecular complexity index is 246. The smallest absolute Gasteiger partial charge is 0.0172 e. The molecule has 0 bridgehead atoms. The maximum atomic E-state index is 2.43. The highest BCUT2D eigenvalue weighted by molar-refractivity contribution is 14.0. The van der Waals surface area contributed by atoms with Crippen LogP contribution in [0, 0.1) is 23.7 Å². The molecule has 0 heterocycles. The summed E-state index contributed by atoms with van der Waals surface area (Å²) in [6, 6.07) is 0. The minimum Gasteiger partial charge on any atom is -0.107 e. The van der Waals surface area contributed by atoms with Crippen molar-refractivity contribution in [3.8, 4) is 0 Å². The summed E-state index contributed by atoms with van der Waals surface area (Å²) in [5.41, 5.74) is 1.54. The van der Waals surface area contributed by atoms with Crippen LogP contribution in [0.4, 0.5) is 0 Å². The number of rotatable bonds is 3. The Morgan fingerprint density at radius 3 is 1.59 bits per heavy atom. The fraction of sp³-hybridized carbons (Fsp3) is 0.810. The molecule has 0 saturated heterocycles. The van der Waals surface area contributed by atoms with Crippen LogP contribution in [-0.2, 0) is 0 Å². The van der Waals surface area contributed by atoms with Gasteiger partial charge in [-0.2, -0.15) is 0 Å². The van der Waals surface area contributed by atoms with E-state index < -0.39 is 0 Å². The molecule has 136 valence electrons. The van der Waals surface area contributed by atoms with E-state index in [1.165, 1.54) is 12.8 Å². The first-order chi connectivity index (χ1) is 9.88. The van der Waals surface area contributed by atoms with Crippen molar-refractivity contribution in [3.05, 3.63) is 23.8 Å². The van der Waals surface area contributed by atoms with Crippen LogP contribution in [0.5, 0.6) is 0 Å². The summed E-state index contributed by atoms with van der Waals surface area (Å²) in [7, 11) is 0. The largest absolute Gasteiger partial charge is 0.107 e. The second-order valence-electron chi connectivity index (χ2n) is 6.25. The van der Waals surface area contributed by atoms with E-state index in [-0.39, 0.29) is 24.0 Å². The van der Waals surface area contributed by atoms with Crippen molar-refractivity contribution in [2.24, 2.45) is 23.7 Å². The predicted octanol–water partition coefficient (Wildman–Crippen LogP) is 8.52. The fourth-order valence-electron chi connectivity index (χ4n) is 1.75. The van der Waals surface area contributed by atoms with E-state index in [1.807, 2.05) is 27.7 Å². The number of allylic oxidation sites excluding steroid dienone is 4. The second-order valence-corrected chi connectivity index (χ2v) is 6.25. The van der Waals surface area contributed by atoms with Crippen LogP contribution in [0.2, 0.25) is 0 Å². The van der Waals surface area contributed by atoms with Gasteiger partial charge < -0.3 is 0 Å². The van der Waals surface area contributed by atoms with Gasteiger partial charge in [-0.1, -0.05) is 94.4 Å². The van der Waals surface area contributed by atoms with E-state index in [0.29, 0.717) is 0 Å². The number of halogens is 1. The van der Waals surface area contributed by atoms with E-state index in [9.17, 15) is 0 Å². The van der Waals surface area contributed by atoms with Crippen molar-refractivity contribution >= 4 is 24.0 Å². The first kappa shape index (κ1) is 30.1. The molecular formula is C21H45I. The third-order valence-electron chi connectivity index (χ3n) is 3.20. The van der Waals surface area contributed by atoms with Gasteiger partial charge in [0.1, 0.15) is 0 Å². The molecule has 1 rings (SSSR count). The average molecular weight is 424 g/mol. The first-order valence-electron chi connectivity index (χ1n) is 9.26. The zero-order valence-electron chi connectivity index (χ0n) is 17.4. The second kappa shape index (κ2) is 21.2. The van der Waals surface area contributed by atoms with Crippen LogP contribution >= 0.6 is 24.0 Å². The van der Waals surface area contributed by atoms with Crippen LogP contribution in [0.15, 0.2) is 23.8 Å². The molecular weight excluding hydrogens is 379 g/mol. The molecule has 0 radical (unpaired) electrons. The number of hydrogen-bond acceptors (Lipinski definition) is 0. The lowest BCUT2D eigenvalue weighted by atomic mass is 9.84. The van der Waals surface area contributed by atoms with Crippen molar-refractivity contribution in [1.29, 1.82) is 0 Å². The van der Waals surface area contributed by atoms with E-state index in [2.05, 4.69) is 66.7 Å². The van der Waals surface area contributed by atoms with Crippen LogP contribution in [0.3, 0.4) is 0 Å². The maximum absolute atomic E-state index is 2.43. The molecule has 0 aliphatic heterocycles. The molecule has 0 aromatic heterocycles. The summed E-state index contributed by atoms with van der Waals surface area (Å²) in [5, 5.41) is 0. The summed E-state index contributed by atoms with van der Waals surface area (Å²) in [4.78, 5) is 0. The predicted molar refractivity (Wildman–Crippen MR) is 118 cm³/mol. The van der Waals surface area contributed by atoms with Crippen molar-refractivity contribution < 1.29 is 0 Å². The average Bonchev–Trinajstić information content (AvgIpc) is 2.50. The minimum atomic E-state index is 0. The molecule has 0 N–H and O–H groups in total. The lowest BCUT2D eigenvalue weighted by Crippen LogP contribution is -2.09. The van der Waals surface area contributed by atoms with Gasteiger partial charge in [-0.25, -0.2) is 0 Å². The molecule has 22 heavy (non-hydrogen) atoms. The maximum Gasteiger partial charge on any atom is -0.0172 e. The summed E-state index contributed by atoms with van der Waals surface area (Å²) in [6.45, 7) is 23.7. The Morgan fingerprint density at radius 2 is 1.36 bits per heavy atom. The molecule has 0 amide bonds. The molecule has 0 saturated carbocycles. The minimum absolute atomic E-state index is 0. The molecule has 0 spiro atoms. The molecule has 0 nitrogen and oxygen atoms in total. The van der Waals surface area contributed by atoms with Gasteiger partial charge in [-0.15, -0.1) is 24.0 Å². The third-order valence-corrected chi connectivity index (χ3v) is 3.20. The highest BCUT2D eigenvalue weighted by Crippen LogP contribution is 2.27. The third kappa shape index (κ3) is 18.3. The Labute approximate surface area is 160 Å². The molecule has 0 fully saturated rings. The molecule has 1 heteroatoms. The SMILES string of the molecule is CC.CC.CC(C)C.CCC(C)C1=CCC(C(C)C)C=C1.I. The molecule has 1 aliphatic rings. The van der Waals surface area contributed by atoms with E-state index in [0.717, 1.165) is 23.7 Å². The molecule has 0 aromatic rings. The van der Waals surface area contributed by atoms with E-state index >= 15 is 0 Å². The van der Waals surface area contributed by atoms with Crippen LogP contribution in [-0.4, -0.2) is 0 Å². The lowest BCUT2D eigenvalue weighted by Gasteiger charge is -2.21. The zero-order valence-corrected chi connectivity index (χ0v) is 19.7. The summed E-state index contributed by atoms with van der Waals surface area (Å²) in [6.07, 6.45) is 9.66. The number of hydrogen-bond donors (Lipinski definition) is 0. The summed E-state index contributed by atoms with van der Waals surface area (Å²) in [5.74, 6) is 3.13. The first-order valence-corrected chi connectivity index (χ1v) is 9.26. The van der Waals surface area contributed by atoms with Gasteiger partial charge >= 0.3 is 0 Å². The Hall–Kier alpha value is 0.210.